The van der Waals surface area contributed by atoms with Gasteiger partial charge < -0.3 is 24.1 Å². The van der Waals surface area contributed by atoms with Crippen LogP contribution in [0.1, 0.15) is 10.4 Å². The van der Waals surface area contributed by atoms with Crippen LogP contribution in [0.15, 0.2) is 18.2 Å². The van der Waals surface area contributed by atoms with Crippen LogP contribution in [0.25, 0.3) is 10.8 Å². The number of benzene rings is 2. The van der Waals surface area contributed by atoms with Crippen LogP contribution >= 0.6 is 0 Å². The highest BCUT2D eigenvalue weighted by Crippen LogP contribution is 2.44. The summed E-state index contributed by atoms with van der Waals surface area (Å²) in [5, 5.41) is 11.4. The number of hydrogen-bond donors (Lipinski definition) is 1. The molecule has 0 atom stereocenters. The molecule has 1 N–H and O–H groups in total. The van der Waals surface area contributed by atoms with E-state index in [1.165, 1.54) is 28.4 Å². The number of phenolic OH excluding ortho intramolecular Hbond substituents is 1. The van der Waals surface area contributed by atoms with E-state index in [-0.39, 0.29) is 17.1 Å². The summed E-state index contributed by atoms with van der Waals surface area (Å²) in [6.45, 7) is 0. The Labute approximate surface area is 121 Å². The fourth-order valence-corrected chi connectivity index (χ4v) is 2.19. The predicted molar refractivity (Wildman–Crippen MR) is 76.6 cm³/mol. The molecule has 0 aromatic heterocycles. The highest BCUT2D eigenvalue weighted by atomic mass is 16.5. The Hall–Kier alpha value is -2.63. The topological polar surface area (TPSA) is 74.2 Å². The van der Waals surface area contributed by atoms with E-state index in [9.17, 15) is 9.90 Å². The molecule has 0 unspecified atom stereocenters. The molecule has 2 aromatic rings. The number of phenols is 1. The molecule has 6 nitrogen and oxygen atoms in total. The fraction of sp³-hybridized carbons (Fsp3) is 0.267. The first-order chi connectivity index (χ1) is 10.1. The summed E-state index contributed by atoms with van der Waals surface area (Å²) in [5.74, 6) is 0.204. The molecule has 112 valence electrons. The lowest BCUT2D eigenvalue weighted by molar-refractivity contribution is 0.0596. The molecule has 6 heteroatoms. The normalized spacial score (nSPS) is 10.3. The van der Waals surface area contributed by atoms with Gasteiger partial charge in [0.2, 0.25) is 0 Å². The van der Waals surface area contributed by atoms with Crippen LogP contribution in [0, 0.1) is 0 Å². The first-order valence-electron chi connectivity index (χ1n) is 6.11. The number of esters is 1. The third kappa shape index (κ3) is 2.40. The van der Waals surface area contributed by atoms with Crippen molar-refractivity contribution in [3.63, 3.8) is 0 Å². The van der Waals surface area contributed by atoms with Gasteiger partial charge in [0.25, 0.3) is 0 Å². The highest BCUT2D eigenvalue weighted by Gasteiger charge is 2.22. The maximum absolute atomic E-state index is 11.8. The summed E-state index contributed by atoms with van der Waals surface area (Å²) in [7, 11) is 5.62. The molecule has 0 fully saturated rings. The van der Waals surface area contributed by atoms with E-state index < -0.39 is 5.97 Å². The van der Waals surface area contributed by atoms with Crippen molar-refractivity contribution in [2.75, 3.05) is 28.4 Å². The molecule has 2 aromatic carbocycles. The minimum Gasteiger partial charge on any atom is -0.504 e. The Kier molecular flexibility index (Phi) is 4.07. The smallest absolute Gasteiger partial charge is 0.341 e. The number of carbonyl (C=O) groups is 1. The summed E-state index contributed by atoms with van der Waals surface area (Å²) >= 11 is 0. The lowest BCUT2D eigenvalue weighted by Gasteiger charge is -2.15. The van der Waals surface area contributed by atoms with Gasteiger partial charge in [-0.05, 0) is 17.5 Å². The Morgan fingerprint density at radius 3 is 2.24 bits per heavy atom. The zero-order valence-corrected chi connectivity index (χ0v) is 12.2. The first-order valence-corrected chi connectivity index (χ1v) is 6.11. The predicted octanol–water partition coefficient (Wildman–Crippen LogP) is 2.36. The number of hydrogen-bond acceptors (Lipinski definition) is 6. The minimum atomic E-state index is -0.606. The Balaban J connectivity index is 2.88. The SMILES string of the molecule is COC(=O)c1cc2cc(OC)cc(OC)c2c(O)c1OC. The van der Waals surface area contributed by atoms with Gasteiger partial charge in [0, 0.05) is 6.07 Å². The van der Waals surface area contributed by atoms with Crippen LogP contribution in [0.5, 0.6) is 23.0 Å². The average molecular weight is 292 g/mol. The number of carbonyl (C=O) groups excluding carboxylic acids is 1. The van der Waals surface area contributed by atoms with Crippen LogP contribution in [-0.2, 0) is 4.74 Å². The maximum Gasteiger partial charge on any atom is 0.341 e. The van der Waals surface area contributed by atoms with Crippen molar-refractivity contribution in [2.45, 2.75) is 0 Å². The first kappa shape index (κ1) is 14.8. The Morgan fingerprint density at radius 2 is 1.71 bits per heavy atom. The van der Waals surface area contributed by atoms with Crippen molar-refractivity contribution in [3.8, 4) is 23.0 Å². The third-order valence-corrected chi connectivity index (χ3v) is 3.17. The van der Waals surface area contributed by atoms with E-state index in [1.807, 2.05) is 0 Å². The summed E-state index contributed by atoms with van der Waals surface area (Å²) in [4.78, 5) is 11.8. The third-order valence-electron chi connectivity index (χ3n) is 3.17. The standard InChI is InChI=1S/C15H16O6/c1-18-9-5-8-6-10(15(17)21-4)14(20-3)13(16)12(8)11(7-9)19-2/h5-7,16H,1-4H3. The van der Waals surface area contributed by atoms with E-state index in [1.54, 1.807) is 18.2 Å². The van der Waals surface area contributed by atoms with Crippen molar-refractivity contribution in [2.24, 2.45) is 0 Å². The largest absolute Gasteiger partial charge is 0.504 e. The second-order valence-electron chi connectivity index (χ2n) is 4.23. The molecule has 0 heterocycles. The van der Waals surface area contributed by atoms with Crippen molar-refractivity contribution in [1.29, 1.82) is 0 Å². The molecule has 0 aliphatic carbocycles. The van der Waals surface area contributed by atoms with Crippen molar-refractivity contribution < 1.29 is 28.8 Å². The second kappa shape index (κ2) is 5.78. The van der Waals surface area contributed by atoms with Gasteiger partial charge in [0.1, 0.15) is 17.1 Å². The second-order valence-corrected chi connectivity index (χ2v) is 4.23. The fourth-order valence-electron chi connectivity index (χ4n) is 2.19. The molecular formula is C15H16O6. The molecule has 0 radical (unpaired) electrons. The molecule has 0 spiro atoms. The number of ether oxygens (including phenoxy) is 4. The maximum atomic E-state index is 11.8. The van der Waals surface area contributed by atoms with Crippen LogP contribution in [0.4, 0.5) is 0 Å². The quantitative estimate of drug-likeness (QED) is 0.872. The average Bonchev–Trinajstić information content (AvgIpc) is 2.52. The van der Waals surface area contributed by atoms with Gasteiger partial charge in [-0.25, -0.2) is 4.79 Å². The lowest BCUT2D eigenvalue weighted by atomic mass is 10.0. The van der Waals surface area contributed by atoms with Gasteiger partial charge >= 0.3 is 5.97 Å². The van der Waals surface area contributed by atoms with E-state index in [2.05, 4.69) is 0 Å². The van der Waals surface area contributed by atoms with Crippen molar-refractivity contribution in [1.82, 2.24) is 0 Å². The van der Waals surface area contributed by atoms with Gasteiger partial charge in [0.15, 0.2) is 11.5 Å². The van der Waals surface area contributed by atoms with E-state index in [0.717, 1.165) is 0 Å². The van der Waals surface area contributed by atoms with Crippen molar-refractivity contribution in [3.05, 3.63) is 23.8 Å². The van der Waals surface area contributed by atoms with Gasteiger partial charge in [-0.2, -0.15) is 0 Å². The number of fused-ring (bicyclic) bond motifs is 1. The molecule has 0 aliphatic heterocycles. The van der Waals surface area contributed by atoms with E-state index >= 15 is 0 Å². The van der Waals surface area contributed by atoms with Crippen LogP contribution < -0.4 is 14.2 Å². The van der Waals surface area contributed by atoms with Crippen molar-refractivity contribution >= 4 is 16.7 Å². The van der Waals surface area contributed by atoms with Crippen LogP contribution in [0.3, 0.4) is 0 Å². The minimum absolute atomic E-state index is 0.0396. The molecule has 0 saturated heterocycles. The summed E-state index contributed by atoms with van der Waals surface area (Å²) in [6.07, 6.45) is 0. The number of rotatable bonds is 4. The highest BCUT2D eigenvalue weighted by molar-refractivity contribution is 6.04. The summed E-state index contributed by atoms with van der Waals surface area (Å²) in [5.41, 5.74) is 0.125. The van der Waals surface area contributed by atoms with Crippen LogP contribution in [0.2, 0.25) is 0 Å². The summed E-state index contributed by atoms with van der Waals surface area (Å²) in [6, 6.07) is 4.88. The van der Waals surface area contributed by atoms with E-state index in [0.29, 0.717) is 22.3 Å². The van der Waals surface area contributed by atoms with Gasteiger partial charge in [-0.15, -0.1) is 0 Å². The summed E-state index contributed by atoms with van der Waals surface area (Å²) < 4.78 is 20.3. The van der Waals surface area contributed by atoms with Crippen LogP contribution in [-0.4, -0.2) is 39.5 Å². The number of aromatic hydroxyl groups is 1. The monoisotopic (exact) mass is 292 g/mol. The lowest BCUT2D eigenvalue weighted by Crippen LogP contribution is -2.05. The molecular weight excluding hydrogens is 276 g/mol. The molecule has 21 heavy (non-hydrogen) atoms. The molecule has 0 bridgehead atoms. The van der Waals surface area contributed by atoms with Gasteiger partial charge in [-0.1, -0.05) is 0 Å². The molecule has 0 aliphatic rings. The number of methoxy groups -OCH3 is 4. The molecule has 2 rings (SSSR count). The molecule has 0 amide bonds. The Bertz CT molecular complexity index is 692. The van der Waals surface area contributed by atoms with E-state index in [4.69, 9.17) is 18.9 Å². The zero-order valence-electron chi connectivity index (χ0n) is 12.2. The Morgan fingerprint density at radius 1 is 1.00 bits per heavy atom. The van der Waals surface area contributed by atoms with Gasteiger partial charge in [0.05, 0.1) is 33.8 Å². The molecule has 0 saturated carbocycles. The van der Waals surface area contributed by atoms with Gasteiger partial charge in [-0.3, -0.25) is 0 Å². The zero-order chi connectivity index (χ0) is 15.6.